The van der Waals surface area contributed by atoms with Crippen molar-refractivity contribution >= 4 is 34.1 Å². The molecule has 0 atom stereocenters. The van der Waals surface area contributed by atoms with Crippen LogP contribution < -0.4 is 5.32 Å². The molecule has 0 spiro atoms. The average Bonchev–Trinajstić information content (AvgIpc) is 3.42. The maximum absolute atomic E-state index is 12.4. The van der Waals surface area contributed by atoms with Gasteiger partial charge in [-0.1, -0.05) is 61.2 Å². The molecule has 0 aliphatic carbocycles. The van der Waals surface area contributed by atoms with Gasteiger partial charge in [-0.15, -0.1) is 21.5 Å². The van der Waals surface area contributed by atoms with E-state index < -0.39 is 0 Å². The van der Waals surface area contributed by atoms with Crippen molar-refractivity contribution < 1.29 is 4.79 Å². The third-order valence-electron chi connectivity index (χ3n) is 4.29. The maximum Gasteiger partial charge on any atom is 0.236 e. The number of thioether (sulfide) groups is 1. The second-order valence-corrected chi connectivity index (χ2v) is 8.04. The molecule has 2 aromatic heterocycles. The van der Waals surface area contributed by atoms with E-state index >= 15 is 0 Å². The first kappa shape index (κ1) is 19.4. The van der Waals surface area contributed by atoms with Crippen molar-refractivity contribution in [1.29, 1.82) is 0 Å². The van der Waals surface area contributed by atoms with E-state index in [0.717, 1.165) is 23.4 Å². The van der Waals surface area contributed by atoms with E-state index in [1.807, 2.05) is 40.3 Å². The molecule has 6 nitrogen and oxygen atoms in total. The molecular weight excluding hydrogens is 402 g/mol. The number of aryl methyl sites for hydroxylation is 1. The molecule has 0 fully saturated rings. The molecule has 2 heterocycles. The Hall–Kier alpha value is -2.97. The minimum Gasteiger partial charge on any atom is -0.301 e. The fourth-order valence-electron chi connectivity index (χ4n) is 2.75. The number of nitrogens with one attached hydrogen (secondary N) is 1. The number of benzene rings is 2. The van der Waals surface area contributed by atoms with Crippen molar-refractivity contribution in [2.24, 2.45) is 0 Å². The van der Waals surface area contributed by atoms with Gasteiger partial charge in [-0.2, -0.15) is 0 Å². The van der Waals surface area contributed by atoms with Crippen LogP contribution in [0.2, 0.25) is 0 Å². The second kappa shape index (κ2) is 9.02. The van der Waals surface area contributed by atoms with Gasteiger partial charge in [-0.25, -0.2) is 4.98 Å². The number of aromatic nitrogens is 4. The predicted molar refractivity (Wildman–Crippen MR) is 118 cm³/mol. The Kier molecular flexibility index (Phi) is 6.02. The highest BCUT2D eigenvalue weighted by Gasteiger charge is 2.12. The maximum atomic E-state index is 12.4. The van der Waals surface area contributed by atoms with Gasteiger partial charge in [0.1, 0.15) is 6.33 Å². The summed E-state index contributed by atoms with van der Waals surface area (Å²) >= 11 is 2.76. The molecule has 0 saturated carbocycles. The predicted octanol–water partition coefficient (Wildman–Crippen LogP) is 4.68. The van der Waals surface area contributed by atoms with Gasteiger partial charge in [0.2, 0.25) is 5.91 Å². The third-order valence-corrected chi connectivity index (χ3v) is 5.99. The highest BCUT2D eigenvalue weighted by atomic mass is 32.2. The fourth-order valence-corrected chi connectivity index (χ4v) is 4.21. The summed E-state index contributed by atoms with van der Waals surface area (Å²) in [5.41, 5.74) is 4.16. The van der Waals surface area contributed by atoms with Crippen LogP contribution in [0.5, 0.6) is 0 Å². The van der Waals surface area contributed by atoms with Crippen LogP contribution in [0.4, 0.5) is 5.13 Å². The van der Waals surface area contributed by atoms with Gasteiger partial charge in [0.15, 0.2) is 10.3 Å². The van der Waals surface area contributed by atoms with Gasteiger partial charge in [-0.05, 0) is 24.1 Å². The molecule has 4 rings (SSSR count). The smallest absolute Gasteiger partial charge is 0.236 e. The Bertz CT molecular complexity index is 1090. The molecule has 8 heteroatoms. The van der Waals surface area contributed by atoms with Gasteiger partial charge in [0.25, 0.3) is 0 Å². The van der Waals surface area contributed by atoms with Crippen LogP contribution in [-0.4, -0.2) is 31.4 Å². The molecule has 0 aliphatic heterocycles. The Morgan fingerprint density at radius 2 is 1.93 bits per heavy atom. The van der Waals surface area contributed by atoms with Crippen LogP contribution in [-0.2, 0) is 11.2 Å². The number of carbonyl (C=O) groups excluding carboxylic acids is 1. The van der Waals surface area contributed by atoms with Gasteiger partial charge in [0.05, 0.1) is 11.4 Å². The van der Waals surface area contributed by atoms with E-state index in [-0.39, 0.29) is 11.7 Å². The number of rotatable bonds is 7. The molecule has 4 aromatic rings. The number of anilines is 1. The number of nitrogens with zero attached hydrogens (tertiary/aromatic N) is 4. The lowest BCUT2D eigenvalue weighted by Gasteiger charge is -2.05. The number of hydrogen-bond donors (Lipinski definition) is 1. The quantitative estimate of drug-likeness (QED) is 0.439. The normalized spacial score (nSPS) is 10.8. The van der Waals surface area contributed by atoms with E-state index in [1.165, 1.54) is 28.7 Å². The summed E-state index contributed by atoms with van der Waals surface area (Å²) in [6, 6.07) is 18.1. The summed E-state index contributed by atoms with van der Waals surface area (Å²) < 4.78 is 1.86. The Morgan fingerprint density at radius 1 is 1.14 bits per heavy atom. The van der Waals surface area contributed by atoms with Crippen LogP contribution in [0, 0.1) is 0 Å². The number of amides is 1. The van der Waals surface area contributed by atoms with Crippen LogP contribution in [0.15, 0.2) is 71.5 Å². The first-order valence-corrected chi connectivity index (χ1v) is 11.0. The molecule has 0 unspecified atom stereocenters. The van der Waals surface area contributed by atoms with Crippen molar-refractivity contribution in [2.45, 2.75) is 18.5 Å². The molecular formula is C21H19N5OS2. The van der Waals surface area contributed by atoms with Gasteiger partial charge < -0.3 is 5.32 Å². The van der Waals surface area contributed by atoms with Crippen LogP contribution >= 0.6 is 23.1 Å². The highest BCUT2D eigenvalue weighted by Crippen LogP contribution is 2.26. The lowest BCUT2D eigenvalue weighted by molar-refractivity contribution is -0.113. The molecule has 1 amide bonds. The van der Waals surface area contributed by atoms with Crippen LogP contribution in [0.3, 0.4) is 0 Å². The minimum absolute atomic E-state index is 0.125. The lowest BCUT2D eigenvalue weighted by atomic mass is 10.1. The SMILES string of the molecule is CCc1ccc(-c2csc(NC(=O)CSc3nncn3-c3ccccc3)n2)cc1. The third kappa shape index (κ3) is 4.72. The first-order chi connectivity index (χ1) is 14.2. The Labute approximate surface area is 177 Å². The Balaban J connectivity index is 1.36. The van der Waals surface area contributed by atoms with E-state index in [0.29, 0.717) is 10.3 Å². The van der Waals surface area contributed by atoms with Crippen molar-refractivity contribution in [2.75, 3.05) is 11.1 Å². The van der Waals surface area contributed by atoms with Gasteiger partial charge in [-0.3, -0.25) is 9.36 Å². The summed E-state index contributed by atoms with van der Waals surface area (Å²) in [6.45, 7) is 2.13. The second-order valence-electron chi connectivity index (χ2n) is 6.24. The average molecular weight is 422 g/mol. The first-order valence-electron chi connectivity index (χ1n) is 9.16. The summed E-state index contributed by atoms with van der Waals surface area (Å²) in [4.78, 5) is 16.9. The number of thiazole rings is 1. The summed E-state index contributed by atoms with van der Waals surface area (Å²) in [5.74, 6) is 0.103. The molecule has 0 saturated heterocycles. The zero-order chi connectivity index (χ0) is 20.1. The van der Waals surface area contributed by atoms with Crippen LogP contribution in [0.25, 0.3) is 16.9 Å². The van der Waals surface area contributed by atoms with Gasteiger partial charge in [0, 0.05) is 16.6 Å². The van der Waals surface area contributed by atoms with Crippen molar-refractivity contribution in [3.63, 3.8) is 0 Å². The number of para-hydroxylation sites is 1. The number of carbonyl (C=O) groups is 1. The van der Waals surface area contributed by atoms with Crippen molar-refractivity contribution in [3.8, 4) is 16.9 Å². The molecule has 29 heavy (non-hydrogen) atoms. The largest absolute Gasteiger partial charge is 0.301 e. The van der Waals surface area contributed by atoms with Gasteiger partial charge >= 0.3 is 0 Å². The molecule has 1 N–H and O–H groups in total. The molecule has 0 radical (unpaired) electrons. The molecule has 0 aliphatic rings. The zero-order valence-electron chi connectivity index (χ0n) is 15.8. The standard InChI is InChI=1S/C21H19N5OS2/c1-2-15-8-10-16(11-9-15)18-12-28-20(23-18)24-19(27)13-29-21-25-22-14-26(21)17-6-4-3-5-7-17/h3-12,14H,2,13H2,1H3,(H,23,24,27). The Morgan fingerprint density at radius 3 is 2.69 bits per heavy atom. The van der Waals surface area contributed by atoms with Crippen LogP contribution in [0.1, 0.15) is 12.5 Å². The van der Waals surface area contributed by atoms with Crippen molar-refractivity contribution in [1.82, 2.24) is 19.7 Å². The van der Waals surface area contributed by atoms with E-state index in [2.05, 4.69) is 51.7 Å². The molecule has 0 bridgehead atoms. The zero-order valence-corrected chi connectivity index (χ0v) is 17.4. The topological polar surface area (TPSA) is 72.7 Å². The molecule has 2 aromatic carbocycles. The van der Waals surface area contributed by atoms with E-state index in [1.54, 1.807) is 6.33 Å². The number of hydrogen-bond acceptors (Lipinski definition) is 6. The fraction of sp³-hybridized carbons (Fsp3) is 0.143. The van der Waals surface area contributed by atoms with E-state index in [9.17, 15) is 4.79 Å². The lowest BCUT2D eigenvalue weighted by Crippen LogP contribution is -2.14. The van der Waals surface area contributed by atoms with Crippen molar-refractivity contribution in [3.05, 3.63) is 71.9 Å². The monoisotopic (exact) mass is 421 g/mol. The molecule has 146 valence electrons. The summed E-state index contributed by atoms with van der Waals surface area (Å²) in [6.07, 6.45) is 2.65. The minimum atomic E-state index is -0.125. The van der Waals surface area contributed by atoms with E-state index in [4.69, 9.17) is 0 Å². The summed E-state index contributed by atoms with van der Waals surface area (Å²) in [5, 5.41) is 14.2. The highest BCUT2D eigenvalue weighted by molar-refractivity contribution is 7.99. The summed E-state index contributed by atoms with van der Waals surface area (Å²) in [7, 11) is 0.